The van der Waals surface area contributed by atoms with Crippen molar-refractivity contribution in [1.29, 1.82) is 0 Å². The summed E-state index contributed by atoms with van der Waals surface area (Å²) in [6, 6.07) is 5.84. The number of carbonyl (C=O) groups is 3. The highest BCUT2D eigenvalue weighted by molar-refractivity contribution is 7.89. The van der Waals surface area contributed by atoms with Crippen LogP contribution in [0.4, 0.5) is 5.00 Å². The molecule has 1 aliphatic rings. The lowest BCUT2D eigenvalue weighted by atomic mass is 10.0. The number of nitrogens with one attached hydrogen (secondary N) is 1. The minimum absolute atomic E-state index is 0.0270. The van der Waals surface area contributed by atoms with Crippen molar-refractivity contribution in [3.05, 3.63) is 45.8 Å². The highest BCUT2D eigenvalue weighted by Crippen LogP contribution is 2.38. The van der Waals surface area contributed by atoms with Crippen molar-refractivity contribution in [3.8, 4) is 0 Å². The number of thiophene rings is 1. The van der Waals surface area contributed by atoms with E-state index in [0.29, 0.717) is 56.3 Å². The normalized spacial score (nSPS) is 13.4. The summed E-state index contributed by atoms with van der Waals surface area (Å²) in [4.78, 5) is 43.5. The van der Waals surface area contributed by atoms with Gasteiger partial charge in [-0.2, -0.15) is 4.31 Å². The fourth-order valence-electron chi connectivity index (χ4n) is 4.67. The Kier molecular flexibility index (Phi) is 10.1. The van der Waals surface area contributed by atoms with Gasteiger partial charge in [-0.3, -0.25) is 14.4 Å². The number of carbonyl (C=O) groups excluding carboxylic acids is 3. The van der Waals surface area contributed by atoms with Crippen molar-refractivity contribution in [2.75, 3.05) is 38.0 Å². The summed E-state index contributed by atoms with van der Waals surface area (Å²) in [6.07, 6.45) is 2.19. The molecule has 208 valence electrons. The maximum Gasteiger partial charge on any atom is 0.257 e. The Morgan fingerprint density at radius 3 is 2.13 bits per heavy atom. The third-order valence-electron chi connectivity index (χ3n) is 6.68. The quantitative estimate of drug-likeness (QED) is 0.442. The van der Waals surface area contributed by atoms with E-state index in [1.807, 2.05) is 18.7 Å². The molecule has 1 aromatic heterocycles. The minimum atomic E-state index is -3.63. The molecule has 0 saturated carbocycles. The largest absolute Gasteiger partial charge is 0.339 e. The van der Waals surface area contributed by atoms with E-state index in [1.54, 1.807) is 18.7 Å². The summed E-state index contributed by atoms with van der Waals surface area (Å²) in [6.45, 7) is 12.0. The van der Waals surface area contributed by atoms with Gasteiger partial charge < -0.3 is 15.1 Å². The summed E-state index contributed by atoms with van der Waals surface area (Å²) in [7, 11) is -3.63. The summed E-state index contributed by atoms with van der Waals surface area (Å²) >= 11 is 1.33. The average molecular weight is 563 g/mol. The molecule has 0 fully saturated rings. The van der Waals surface area contributed by atoms with Crippen molar-refractivity contribution in [1.82, 2.24) is 14.1 Å². The second kappa shape index (κ2) is 12.9. The molecule has 0 radical (unpaired) electrons. The molecule has 9 nitrogen and oxygen atoms in total. The minimum Gasteiger partial charge on any atom is -0.339 e. The van der Waals surface area contributed by atoms with Crippen LogP contribution in [0, 0.1) is 0 Å². The molecule has 0 unspecified atom stereocenters. The Morgan fingerprint density at radius 2 is 1.61 bits per heavy atom. The van der Waals surface area contributed by atoms with Gasteiger partial charge in [-0.05, 0) is 49.1 Å². The molecular weight excluding hydrogens is 524 g/mol. The zero-order valence-corrected chi connectivity index (χ0v) is 24.5. The maximum absolute atomic E-state index is 13.7. The van der Waals surface area contributed by atoms with Gasteiger partial charge >= 0.3 is 0 Å². The third kappa shape index (κ3) is 6.27. The van der Waals surface area contributed by atoms with Crippen LogP contribution in [0.15, 0.2) is 29.2 Å². The zero-order chi connectivity index (χ0) is 28.0. The monoisotopic (exact) mass is 562 g/mol. The number of amides is 3. The van der Waals surface area contributed by atoms with Gasteiger partial charge in [0.15, 0.2) is 0 Å². The number of nitrogens with zero attached hydrogens (tertiary/aromatic N) is 3. The van der Waals surface area contributed by atoms with Crippen LogP contribution in [-0.4, -0.2) is 73.0 Å². The number of hydrogen-bond donors (Lipinski definition) is 1. The van der Waals surface area contributed by atoms with E-state index >= 15 is 0 Å². The summed E-state index contributed by atoms with van der Waals surface area (Å²) < 4.78 is 27.0. The molecule has 2 aromatic rings. The second-order valence-electron chi connectivity index (χ2n) is 9.26. The lowest BCUT2D eigenvalue weighted by Crippen LogP contribution is -2.36. The Morgan fingerprint density at radius 1 is 1.00 bits per heavy atom. The Balaban J connectivity index is 1.94. The molecule has 0 saturated heterocycles. The molecule has 1 aliphatic heterocycles. The van der Waals surface area contributed by atoms with Crippen LogP contribution >= 0.6 is 11.3 Å². The van der Waals surface area contributed by atoms with Crippen molar-refractivity contribution in [2.24, 2.45) is 0 Å². The first-order chi connectivity index (χ1) is 18.1. The van der Waals surface area contributed by atoms with Gasteiger partial charge in [0.1, 0.15) is 5.00 Å². The van der Waals surface area contributed by atoms with E-state index in [2.05, 4.69) is 5.32 Å². The molecule has 0 bridgehead atoms. The van der Waals surface area contributed by atoms with Crippen LogP contribution in [0.25, 0.3) is 0 Å². The summed E-state index contributed by atoms with van der Waals surface area (Å²) in [5.74, 6) is -0.565. The van der Waals surface area contributed by atoms with Gasteiger partial charge in [0.2, 0.25) is 15.9 Å². The topological polar surface area (TPSA) is 107 Å². The average Bonchev–Trinajstić information content (AvgIpc) is 3.25. The molecule has 1 aromatic carbocycles. The molecule has 0 spiro atoms. The summed E-state index contributed by atoms with van der Waals surface area (Å²) in [5, 5.41) is 3.39. The smallest absolute Gasteiger partial charge is 0.257 e. The molecule has 11 heteroatoms. The molecule has 0 aliphatic carbocycles. The first-order valence-electron chi connectivity index (χ1n) is 13.2. The van der Waals surface area contributed by atoms with Crippen LogP contribution in [0.3, 0.4) is 0 Å². The molecule has 0 atom stereocenters. The van der Waals surface area contributed by atoms with Gasteiger partial charge in [-0.1, -0.05) is 27.7 Å². The molecule has 3 amide bonds. The van der Waals surface area contributed by atoms with Crippen molar-refractivity contribution >= 4 is 44.1 Å². The first-order valence-corrected chi connectivity index (χ1v) is 15.4. The van der Waals surface area contributed by atoms with Crippen molar-refractivity contribution in [3.63, 3.8) is 0 Å². The van der Waals surface area contributed by atoms with Crippen LogP contribution in [0.1, 0.15) is 78.6 Å². The van der Waals surface area contributed by atoms with Gasteiger partial charge in [0.05, 0.1) is 17.0 Å². The molecule has 3 rings (SSSR count). The SMILES string of the molecule is CCCN(CCC)C(=O)c1c(NC(=O)c2ccc(S(=O)(=O)N(CC)CC)cc2)sc2c1CCN(C(C)=O)C2. The number of benzene rings is 1. The van der Waals surface area contributed by atoms with Crippen LogP contribution in [0.5, 0.6) is 0 Å². The van der Waals surface area contributed by atoms with E-state index in [4.69, 9.17) is 0 Å². The standard InChI is InChI=1S/C27H38N4O5S2/c1-6-15-29(16-7-2)27(34)24-22-14-17-30(19(5)32)18-23(22)37-26(24)28-25(33)20-10-12-21(13-11-20)38(35,36)31(8-3)9-4/h10-13H,6-9,14-18H2,1-5H3,(H,28,33). The molecule has 1 N–H and O–H groups in total. The van der Waals surface area contributed by atoms with Crippen LogP contribution < -0.4 is 5.32 Å². The van der Waals surface area contributed by atoms with E-state index in [-0.39, 0.29) is 22.3 Å². The van der Waals surface area contributed by atoms with Crippen molar-refractivity contribution in [2.45, 2.75) is 65.3 Å². The predicted molar refractivity (Wildman–Crippen MR) is 150 cm³/mol. The second-order valence-corrected chi connectivity index (χ2v) is 12.3. The Labute approximate surface area is 229 Å². The van der Waals surface area contributed by atoms with Crippen molar-refractivity contribution < 1.29 is 22.8 Å². The van der Waals surface area contributed by atoms with Gasteiger partial charge in [0.25, 0.3) is 11.8 Å². The Hall–Kier alpha value is -2.76. The fourth-order valence-corrected chi connectivity index (χ4v) is 7.37. The first kappa shape index (κ1) is 29.8. The number of fused-ring (bicyclic) bond motifs is 1. The number of sulfonamides is 1. The third-order valence-corrected chi connectivity index (χ3v) is 9.87. The lowest BCUT2D eigenvalue weighted by molar-refractivity contribution is -0.129. The van der Waals surface area contributed by atoms with Crippen LogP contribution in [-0.2, 0) is 27.8 Å². The van der Waals surface area contributed by atoms with E-state index in [9.17, 15) is 22.8 Å². The van der Waals surface area contributed by atoms with Gasteiger partial charge in [-0.15, -0.1) is 11.3 Å². The predicted octanol–water partition coefficient (Wildman–Crippen LogP) is 4.20. The van der Waals surface area contributed by atoms with E-state index in [1.165, 1.54) is 46.8 Å². The van der Waals surface area contributed by atoms with Crippen LogP contribution in [0.2, 0.25) is 0 Å². The summed E-state index contributed by atoms with van der Waals surface area (Å²) in [5.41, 5.74) is 1.69. The number of hydrogen-bond acceptors (Lipinski definition) is 6. The Bertz CT molecular complexity index is 1260. The fraction of sp³-hybridized carbons (Fsp3) is 0.519. The maximum atomic E-state index is 13.7. The van der Waals surface area contributed by atoms with Gasteiger partial charge in [-0.25, -0.2) is 8.42 Å². The number of anilines is 1. The molecule has 38 heavy (non-hydrogen) atoms. The highest BCUT2D eigenvalue weighted by Gasteiger charge is 2.31. The van der Waals surface area contributed by atoms with E-state index in [0.717, 1.165) is 23.3 Å². The lowest BCUT2D eigenvalue weighted by Gasteiger charge is -2.27. The molecular formula is C27H38N4O5S2. The van der Waals surface area contributed by atoms with E-state index < -0.39 is 15.9 Å². The number of rotatable bonds is 11. The zero-order valence-electron chi connectivity index (χ0n) is 22.9. The highest BCUT2D eigenvalue weighted by atomic mass is 32.2. The molecule has 2 heterocycles. The van der Waals surface area contributed by atoms with Gasteiger partial charge in [0, 0.05) is 50.1 Å².